The average Bonchev–Trinajstić information content (AvgIpc) is 3.58. The Morgan fingerprint density at radius 2 is 1.97 bits per heavy atom. The number of anilines is 1. The van der Waals surface area contributed by atoms with Crippen LogP contribution in [-0.2, 0) is 0 Å². The van der Waals surface area contributed by atoms with Crippen molar-refractivity contribution in [2.24, 2.45) is 0 Å². The lowest BCUT2D eigenvalue weighted by Crippen LogP contribution is -2.36. The lowest BCUT2D eigenvalue weighted by Gasteiger charge is -2.33. The van der Waals surface area contributed by atoms with E-state index < -0.39 is 0 Å². The van der Waals surface area contributed by atoms with Gasteiger partial charge in [0.05, 0.1) is 12.2 Å². The summed E-state index contributed by atoms with van der Waals surface area (Å²) in [4.78, 5) is 15.3. The number of nitrogens with zero attached hydrogens (tertiary/aromatic N) is 3. The van der Waals surface area contributed by atoms with Gasteiger partial charge >= 0.3 is 0 Å². The summed E-state index contributed by atoms with van der Waals surface area (Å²) >= 11 is 0. The molecule has 3 aromatic rings. The number of rotatable bonds is 7. The first kappa shape index (κ1) is 21.6. The fraction of sp³-hybridized carbons (Fsp3) is 0.440. The molecule has 1 aromatic carbocycles. The molecule has 1 atom stereocenters. The third-order valence-corrected chi connectivity index (χ3v) is 6.57. The van der Waals surface area contributed by atoms with E-state index in [9.17, 15) is 4.79 Å². The van der Waals surface area contributed by atoms with Gasteiger partial charge in [-0.15, -0.1) is 0 Å². The topological polar surface area (TPSA) is 81.8 Å². The predicted octanol–water partition coefficient (Wildman–Crippen LogP) is 4.60. The zero-order chi connectivity index (χ0) is 22.8. The van der Waals surface area contributed by atoms with Crippen molar-refractivity contribution < 1.29 is 18.7 Å². The molecule has 2 aliphatic heterocycles. The number of aromatic nitrogens is 2. The Morgan fingerprint density at radius 3 is 2.76 bits per heavy atom. The molecule has 8 nitrogen and oxygen atoms in total. The molecular formula is C25H30N4O4. The van der Waals surface area contributed by atoms with E-state index in [1.807, 2.05) is 23.7 Å². The molecule has 0 aliphatic carbocycles. The minimum atomic E-state index is -0.186. The van der Waals surface area contributed by atoms with E-state index in [0.717, 1.165) is 56.2 Å². The molecule has 1 saturated heterocycles. The molecule has 0 saturated carbocycles. The van der Waals surface area contributed by atoms with E-state index in [2.05, 4.69) is 28.3 Å². The Morgan fingerprint density at radius 1 is 1.15 bits per heavy atom. The van der Waals surface area contributed by atoms with Gasteiger partial charge in [0.15, 0.2) is 11.5 Å². The van der Waals surface area contributed by atoms with Crippen LogP contribution in [-0.4, -0.2) is 47.0 Å². The molecule has 0 spiro atoms. The number of hydrogen-bond donors (Lipinski definition) is 1. The van der Waals surface area contributed by atoms with Gasteiger partial charge in [-0.1, -0.05) is 6.92 Å². The molecule has 8 heteroatoms. The molecule has 33 heavy (non-hydrogen) atoms. The van der Waals surface area contributed by atoms with E-state index in [1.165, 1.54) is 0 Å². The smallest absolute Gasteiger partial charge is 0.256 e. The summed E-state index contributed by atoms with van der Waals surface area (Å²) in [6.07, 6.45) is 4.83. The largest absolute Gasteiger partial charge is 0.466 e. The van der Waals surface area contributed by atoms with E-state index in [-0.39, 0.29) is 18.7 Å². The van der Waals surface area contributed by atoms with E-state index >= 15 is 0 Å². The van der Waals surface area contributed by atoms with Crippen molar-refractivity contribution in [2.75, 3.05) is 31.7 Å². The summed E-state index contributed by atoms with van der Waals surface area (Å²) in [6.45, 7) is 7.49. The summed E-state index contributed by atoms with van der Waals surface area (Å²) in [7, 11) is 0. The van der Waals surface area contributed by atoms with Crippen molar-refractivity contribution in [3.8, 4) is 11.5 Å². The number of aryl methyl sites for hydroxylation is 1. The molecular weight excluding hydrogens is 420 g/mol. The highest BCUT2D eigenvalue weighted by Gasteiger charge is 2.24. The van der Waals surface area contributed by atoms with Crippen molar-refractivity contribution in [2.45, 2.75) is 45.1 Å². The maximum Gasteiger partial charge on any atom is 0.256 e. The Hall–Kier alpha value is -3.26. The summed E-state index contributed by atoms with van der Waals surface area (Å²) in [5.41, 5.74) is 0.530. The minimum Gasteiger partial charge on any atom is -0.466 e. The number of furan rings is 1. The lowest BCUT2D eigenvalue weighted by molar-refractivity contribution is 0.102. The summed E-state index contributed by atoms with van der Waals surface area (Å²) in [5, 5.41) is 7.52. The normalized spacial score (nSPS) is 17.3. The maximum atomic E-state index is 12.8. The molecule has 2 aliphatic rings. The van der Waals surface area contributed by atoms with Crippen LogP contribution in [0.25, 0.3) is 0 Å². The number of likely N-dealkylation sites (tertiary alicyclic amines) is 1. The second kappa shape index (κ2) is 9.31. The van der Waals surface area contributed by atoms with Crippen LogP contribution in [0, 0.1) is 6.92 Å². The number of carbonyl (C=O) groups is 1. The molecule has 0 radical (unpaired) electrons. The zero-order valence-corrected chi connectivity index (χ0v) is 19.1. The SMILES string of the molecule is Cc1ccc([C@H](C)CCN2CCC(n3nccc3NC(=O)c3ccc4c(c3)OCO4)CC2)o1. The highest BCUT2D eigenvalue weighted by Crippen LogP contribution is 2.33. The Bertz CT molecular complexity index is 1110. The van der Waals surface area contributed by atoms with E-state index in [1.54, 1.807) is 24.4 Å². The third kappa shape index (κ3) is 4.75. The lowest BCUT2D eigenvalue weighted by atomic mass is 10.0. The number of piperidine rings is 1. The van der Waals surface area contributed by atoms with Crippen LogP contribution >= 0.6 is 0 Å². The van der Waals surface area contributed by atoms with Crippen LogP contribution in [0.5, 0.6) is 11.5 Å². The van der Waals surface area contributed by atoms with Gasteiger partial charge in [0.25, 0.3) is 5.91 Å². The second-order valence-corrected chi connectivity index (χ2v) is 8.89. The van der Waals surface area contributed by atoms with Crippen molar-refractivity contribution in [1.29, 1.82) is 0 Å². The van der Waals surface area contributed by atoms with Crippen LogP contribution in [0.4, 0.5) is 5.82 Å². The van der Waals surface area contributed by atoms with Gasteiger partial charge in [-0.05, 0) is 63.1 Å². The standard InChI is InChI=1S/C25H30N4O4/c1-17(21-5-3-18(2)33-21)8-12-28-13-9-20(10-14-28)29-24(7-11-26-29)27-25(30)19-4-6-22-23(15-19)32-16-31-22/h3-7,11,15,17,20H,8-10,12-14,16H2,1-2H3,(H,27,30)/t17-/m1/s1. The third-order valence-electron chi connectivity index (χ3n) is 6.57. The van der Waals surface area contributed by atoms with Crippen LogP contribution in [0.2, 0.25) is 0 Å². The van der Waals surface area contributed by atoms with Crippen LogP contribution in [0.15, 0.2) is 47.0 Å². The number of nitrogens with one attached hydrogen (secondary N) is 1. The van der Waals surface area contributed by atoms with Crippen molar-refractivity contribution in [1.82, 2.24) is 14.7 Å². The first-order valence-electron chi connectivity index (χ1n) is 11.6. The van der Waals surface area contributed by atoms with E-state index in [0.29, 0.717) is 23.0 Å². The Labute approximate surface area is 193 Å². The molecule has 2 aromatic heterocycles. The molecule has 5 rings (SSSR count). The first-order chi connectivity index (χ1) is 16.1. The number of fused-ring (bicyclic) bond motifs is 1. The summed E-state index contributed by atoms with van der Waals surface area (Å²) < 4.78 is 18.4. The van der Waals surface area contributed by atoms with Crippen LogP contribution in [0.1, 0.15) is 60.0 Å². The fourth-order valence-electron chi connectivity index (χ4n) is 4.55. The van der Waals surface area contributed by atoms with Gasteiger partial charge < -0.3 is 24.1 Å². The number of hydrogen-bond acceptors (Lipinski definition) is 6. The molecule has 1 N–H and O–H groups in total. The zero-order valence-electron chi connectivity index (χ0n) is 19.1. The van der Waals surface area contributed by atoms with Crippen LogP contribution < -0.4 is 14.8 Å². The number of benzene rings is 1. The fourth-order valence-corrected chi connectivity index (χ4v) is 4.55. The van der Waals surface area contributed by atoms with Gasteiger partial charge in [-0.25, -0.2) is 4.68 Å². The van der Waals surface area contributed by atoms with Gasteiger partial charge in [0.1, 0.15) is 17.3 Å². The minimum absolute atomic E-state index is 0.186. The number of ether oxygens (including phenoxy) is 2. The number of carbonyl (C=O) groups excluding carboxylic acids is 1. The molecule has 0 unspecified atom stereocenters. The molecule has 0 bridgehead atoms. The molecule has 174 valence electrons. The van der Waals surface area contributed by atoms with Gasteiger partial charge in [-0.2, -0.15) is 5.10 Å². The van der Waals surface area contributed by atoms with Crippen molar-refractivity contribution in [3.63, 3.8) is 0 Å². The Kier molecular flexibility index (Phi) is 6.09. The second-order valence-electron chi connectivity index (χ2n) is 8.89. The highest BCUT2D eigenvalue weighted by molar-refractivity contribution is 6.04. The van der Waals surface area contributed by atoms with Crippen molar-refractivity contribution >= 4 is 11.7 Å². The summed E-state index contributed by atoms with van der Waals surface area (Å²) in [5.74, 6) is 4.25. The Balaban J connectivity index is 1.14. The molecule has 1 amide bonds. The van der Waals surface area contributed by atoms with Crippen LogP contribution in [0.3, 0.4) is 0 Å². The average molecular weight is 451 g/mol. The number of amides is 1. The molecule has 4 heterocycles. The monoisotopic (exact) mass is 450 g/mol. The van der Waals surface area contributed by atoms with E-state index in [4.69, 9.17) is 13.9 Å². The quantitative estimate of drug-likeness (QED) is 0.567. The summed E-state index contributed by atoms with van der Waals surface area (Å²) in [6, 6.07) is 11.5. The predicted molar refractivity (Wildman–Crippen MR) is 124 cm³/mol. The highest BCUT2D eigenvalue weighted by atomic mass is 16.7. The van der Waals surface area contributed by atoms with Gasteiger partial charge in [0, 0.05) is 30.6 Å². The van der Waals surface area contributed by atoms with Gasteiger partial charge in [0.2, 0.25) is 6.79 Å². The van der Waals surface area contributed by atoms with Gasteiger partial charge in [-0.3, -0.25) is 4.79 Å². The first-order valence-corrected chi connectivity index (χ1v) is 11.6. The maximum absolute atomic E-state index is 12.8. The van der Waals surface area contributed by atoms with Crippen molar-refractivity contribution in [3.05, 3.63) is 59.7 Å². The molecule has 1 fully saturated rings.